The molecule has 5 rings (SSSR count). The molecule has 0 radical (unpaired) electrons. The normalized spacial score (nSPS) is 16.1. The third-order valence-corrected chi connectivity index (χ3v) is 6.26. The minimum Gasteiger partial charge on any atom is -0.491 e. The van der Waals surface area contributed by atoms with Crippen molar-refractivity contribution >= 4 is 28.6 Å². The van der Waals surface area contributed by atoms with Gasteiger partial charge < -0.3 is 14.8 Å². The second kappa shape index (κ2) is 10.0. The average Bonchev–Trinajstić information content (AvgIpc) is 3.51. The highest BCUT2D eigenvalue weighted by Gasteiger charge is 2.18. The zero-order valence-corrected chi connectivity index (χ0v) is 20.9. The highest BCUT2D eigenvalue weighted by molar-refractivity contribution is 5.99. The maximum atomic E-state index is 12.4. The van der Waals surface area contributed by atoms with E-state index in [0.29, 0.717) is 18.1 Å². The molecule has 9 heteroatoms. The number of fused-ring (bicyclic) bond motifs is 1. The van der Waals surface area contributed by atoms with Crippen LogP contribution in [-0.4, -0.2) is 45.1 Å². The lowest BCUT2D eigenvalue weighted by atomic mass is 9.92. The first kappa shape index (κ1) is 23.9. The number of anilines is 2. The molecule has 1 saturated heterocycles. The Hall–Kier alpha value is -3.85. The lowest BCUT2D eigenvalue weighted by Crippen LogP contribution is -2.25. The van der Waals surface area contributed by atoms with Gasteiger partial charge in [0.1, 0.15) is 18.7 Å². The lowest BCUT2D eigenvalue weighted by molar-refractivity contribution is -0.0110. The van der Waals surface area contributed by atoms with E-state index in [9.17, 15) is 4.79 Å². The van der Waals surface area contributed by atoms with E-state index in [2.05, 4.69) is 46.6 Å². The molecule has 4 aromatic rings. The van der Waals surface area contributed by atoms with Gasteiger partial charge in [-0.3, -0.25) is 15.0 Å². The van der Waals surface area contributed by atoms with Crippen LogP contribution in [0.4, 0.5) is 16.3 Å². The number of benzene rings is 2. The summed E-state index contributed by atoms with van der Waals surface area (Å²) in [7, 11) is 0. The van der Waals surface area contributed by atoms with Crippen LogP contribution in [0.1, 0.15) is 45.7 Å². The fourth-order valence-corrected chi connectivity index (χ4v) is 4.17. The van der Waals surface area contributed by atoms with Crippen molar-refractivity contribution in [3.05, 3.63) is 60.6 Å². The van der Waals surface area contributed by atoms with Gasteiger partial charge in [-0.15, -0.1) is 0 Å². The second-order valence-electron chi connectivity index (χ2n) is 10.1. The Bertz CT molecular complexity index is 1330. The zero-order chi connectivity index (χ0) is 25.1. The number of aromatic amines is 1. The molecule has 0 aliphatic carbocycles. The van der Waals surface area contributed by atoms with Crippen molar-refractivity contribution in [3.63, 3.8) is 0 Å². The maximum absolute atomic E-state index is 12.4. The number of carbonyl (C=O) groups is 1. The molecule has 0 bridgehead atoms. The summed E-state index contributed by atoms with van der Waals surface area (Å²) in [6.45, 7) is 7.62. The molecule has 1 aliphatic heterocycles. The highest BCUT2D eigenvalue weighted by Crippen LogP contribution is 2.25. The number of H-pyrrole nitrogens is 1. The molecule has 2 aromatic carbocycles. The van der Waals surface area contributed by atoms with Crippen LogP contribution >= 0.6 is 0 Å². The van der Waals surface area contributed by atoms with Crippen LogP contribution in [0.2, 0.25) is 0 Å². The van der Waals surface area contributed by atoms with Crippen LogP contribution in [0.5, 0.6) is 5.75 Å². The van der Waals surface area contributed by atoms with Gasteiger partial charge in [0.25, 0.3) is 0 Å². The molecule has 188 valence electrons. The summed E-state index contributed by atoms with van der Waals surface area (Å²) in [6.07, 6.45) is 5.33. The Labute approximate surface area is 210 Å². The van der Waals surface area contributed by atoms with E-state index in [-0.39, 0.29) is 17.6 Å². The molecule has 2 aromatic heterocycles. The number of carbonyl (C=O) groups excluding carboxylic acids is 1. The van der Waals surface area contributed by atoms with Crippen molar-refractivity contribution < 1.29 is 14.3 Å². The summed E-state index contributed by atoms with van der Waals surface area (Å²) in [4.78, 5) is 17.0. The van der Waals surface area contributed by atoms with Crippen LogP contribution in [0, 0.1) is 0 Å². The fourth-order valence-electron chi connectivity index (χ4n) is 4.17. The van der Waals surface area contributed by atoms with E-state index < -0.39 is 0 Å². The predicted molar refractivity (Wildman–Crippen MR) is 140 cm³/mol. The van der Waals surface area contributed by atoms with Crippen LogP contribution < -0.4 is 15.4 Å². The highest BCUT2D eigenvalue weighted by atomic mass is 16.5. The van der Waals surface area contributed by atoms with Crippen LogP contribution in [-0.2, 0) is 10.2 Å². The van der Waals surface area contributed by atoms with Gasteiger partial charge >= 0.3 is 6.03 Å². The number of hydrogen-bond acceptors (Lipinski definition) is 5. The monoisotopic (exact) mass is 488 g/mol. The molecule has 0 spiro atoms. The molecule has 36 heavy (non-hydrogen) atoms. The molecule has 2 amide bonds. The molecule has 1 atom stereocenters. The molecular weight excluding hydrogens is 456 g/mol. The van der Waals surface area contributed by atoms with E-state index in [1.807, 2.05) is 53.1 Å². The maximum Gasteiger partial charge on any atom is 0.324 e. The van der Waals surface area contributed by atoms with Crippen molar-refractivity contribution in [3.8, 4) is 11.4 Å². The molecule has 1 fully saturated rings. The molecular formula is C27H32N6O3. The third kappa shape index (κ3) is 5.52. The molecule has 3 heterocycles. The average molecular weight is 489 g/mol. The summed E-state index contributed by atoms with van der Waals surface area (Å²) < 4.78 is 13.7. The van der Waals surface area contributed by atoms with Crippen LogP contribution in [0.3, 0.4) is 0 Å². The number of nitrogens with one attached hydrogen (secondary N) is 3. The summed E-state index contributed by atoms with van der Waals surface area (Å²) in [5.41, 5.74) is 4.32. The third-order valence-electron chi connectivity index (χ3n) is 6.26. The zero-order valence-electron chi connectivity index (χ0n) is 20.9. The van der Waals surface area contributed by atoms with Gasteiger partial charge in [0.05, 0.1) is 17.1 Å². The fraction of sp³-hybridized carbons (Fsp3) is 0.370. The number of aromatic nitrogens is 4. The number of hydrogen-bond donors (Lipinski definition) is 3. The van der Waals surface area contributed by atoms with E-state index in [0.717, 1.165) is 47.6 Å². The number of imidazole rings is 1. The quantitative estimate of drug-likeness (QED) is 0.326. The van der Waals surface area contributed by atoms with Gasteiger partial charge in [-0.25, -0.2) is 9.78 Å². The van der Waals surface area contributed by atoms with E-state index in [1.165, 1.54) is 6.42 Å². The smallest absolute Gasteiger partial charge is 0.324 e. The van der Waals surface area contributed by atoms with Gasteiger partial charge in [0.15, 0.2) is 5.82 Å². The molecule has 1 aliphatic rings. The van der Waals surface area contributed by atoms with E-state index in [4.69, 9.17) is 9.47 Å². The van der Waals surface area contributed by atoms with Gasteiger partial charge in [-0.1, -0.05) is 20.8 Å². The summed E-state index contributed by atoms with van der Waals surface area (Å²) >= 11 is 0. The van der Waals surface area contributed by atoms with Crippen molar-refractivity contribution in [1.29, 1.82) is 0 Å². The number of rotatable bonds is 6. The van der Waals surface area contributed by atoms with Gasteiger partial charge in [0.2, 0.25) is 0 Å². The van der Waals surface area contributed by atoms with Gasteiger partial charge in [-0.2, -0.15) is 5.10 Å². The van der Waals surface area contributed by atoms with Gasteiger partial charge in [0, 0.05) is 41.2 Å². The van der Waals surface area contributed by atoms with Crippen LogP contribution in [0.25, 0.3) is 16.7 Å². The lowest BCUT2D eigenvalue weighted by Gasteiger charge is -2.22. The summed E-state index contributed by atoms with van der Waals surface area (Å²) in [5.74, 6) is 1.27. The first-order valence-corrected chi connectivity index (χ1v) is 12.3. The molecule has 1 unspecified atom stereocenters. The summed E-state index contributed by atoms with van der Waals surface area (Å²) in [6, 6.07) is 15.0. The first-order valence-electron chi connectivity index (χ1n) is 12.3. The topological polar surface area (TPSA) is 106 Å². The summed E-state index contributed by atoms with van der Waals surface area (Å²) in [5, 5.41) is 12.7. The molecule has 0 saturated carbocycles. The number of nitrogens with zero attached hydrogens (tertiary/aromatic N) is 3. The van der Waals surface area contributed by atoms with Crippen molar-refractivity contribution in [1.82, 2.24) is 19.7 Å². The largest absolute Gasteiger partial charge is 0.491 e. The Morgan fingerprint density at radius 2 is 1.97 bits per heavy atom. The van der Waals surface area contributed by atoms with Gasteiger partial charge in [-0.05, 0) is 55.7 Å². The predicted octanol–water partition coefficient (Wildman–Crippen LogP) is 5.64. The number of ether oxygens (including phenoxy) is 2. The Kier molecular flexibility index (Phi) is 6.65. The second-order valence-corrected chi connectivity index (χ2v) is 10.1. The number of amides is 2. The van der Waals surface area contributed by atoms with Crippen molar-refractivity contribution in [2.45, 2.75) is 51.6 Å². The SMILES string of the molecule is CC(C)(C)c1cc(NC(=O)Nc2ccc(-n3cnc4cc(OCC5CCCCO5)ccc43)cc2)n[nH]1. The van der Waals surface area contributed by atoms with Crippen molar-refractivity contribution in [2.24, 2.45) is 0 Å². The minimum atomic E-state index is -0.353. The van der Waals surface area contributed by atoms with E-state index >= 15 is 0 Å². The van der Waals surface area contributed by atoms with Crippen LogP contribution in [0.15, 0.2) is 54.9 Å². The Morgan fingerprint density at radius 3 is 2.69 bits per heavy atom. The Morgan fingerprint density at radius 1 is 1.14 bits per heavy atom. The van der Waals surface area contributed by atoms with Crippen molar-refractivity contribution in [2.75, 3.05) is 23.8 Å². The minimum absolute atomic E-state index is 0.0742. The standard InChI is InChI=1S/C27H32N6O3/c1-27(2,3)24-15-25(32-31-24)30-26(34)29-18-7-9-19(10-8-18)33-17-28-22-14-20(11-12-23(22)33)36-16-21-6-4-5-13-35-21/h7-12,14-15,17,21H,4-6,13,16H2,1-3H3,(H3,29,30,31,32,34). The first-order chi connectivity index (χ1) is 17.3. The van der Waals surface area contributed by atoms with E-state index in [1.54, 1.807) is 6.33 Å². The number of urea groups is 1. The Balaban J connectivity index is 1.21. The molecule has 3 N–H and O–H groups in total. The molecule has 9 nitrogen and oxygen atoms in total.